The van der Waals surface area contributed by atoms with Crippen molar-refractivity contribution in [3.8, 4) is 28.1 Å². The number of carboxylic acid groups (broad SMARTS) is 1. The van der Waals surface area contributed by atoms with Crippen LogP contribution in [0.3, 0.4) is 0 Å². The van der Waals surface area contributed by atoms with Gasteiger partial charge >= 0.3 is 5.97 Å². The smallest absolute Gasteiger partial charge is 0.337 e. The standard InChI is InChI=1S/C29H32ClNO4/c1-16-14-21(9-11-22(16)30)26-17(2)24(20-10-12-23-19(15-20)8-7-13-34-23)25(18(3)31-26)27(28(32)33)35-29(4,5)6/h9-12,14-15,27H,7-8,13H2,1-6H3,(H,32,33)/t27-/m0/s1. The number of rotatable bonds is 5. The van der Waals surface area contributed by atoms with Crippen LogP contribution < -0.4 is 4.74 Å². The molecular weight excluding hydrogens is 462 g/mol. The zero-order chi connectivity index (χ0) is 25.5. The molecule has 4 rings (SSSR count). The van der Waals surface area contributed by atoms with Crippen LogP contribution in [-0.2, 0) is 16.0 Å². The maximum absolute atomic E-state index is 12.5. The molecule has 0 fully saturated rings. The minimum atomic E-state index is -1.16. The molecule has 184 valence electrons. The molecule has 35 heavy (non-hydrogen) atoms. The van der Waals surface area contributed by atoms with Crippen LogP contribution in [0.25, 0.3) is 22.4 Å². The van der Waals surface area contributed by atoms with Crippen LogP contribution in [0.15, 0.2) is 36.4 Å². The Bertz CT molecular complexity index is 1290. The molecular formula is C29H32ClNO4. The Hall–Kier alpha value is -2.89. The highest BCUT2D eigenvalue weighted by molar-refractivity contribution is 6.31. The van der Waals surface area contributed by atoms with Gasteiger partial charge in [0.05, 0.1) is 17.9 Å². The molecule has 3 aromatic rings. The number of aryl methyl sites for hydroxylation is 3. The van der Waals surface area contributed by atoms with E-state index in [1.807, 2.05) is 71.9 Å². The summed E-state index contributed by atoms with van der Waals surface area (Å²) in [6.07, 6.45) is 0.716. The van der Waals surface area contributed by atoms with Crippen molar-refractivity contribution >= 4 is 17.6 Å². The molecule has 1 N–H and O–H groups in total. The number of fused-ring (bicyclic) bond motifs is 1. The van der Waals surface area contributed by atoms with Crippen molar-refractivity contribution in [3.05, 3.63) is 69.4 Å². The van der Waals surface area contributed by atoms with Crippen molar-refractivity contribution in [1.82, 2.24) is 4.98 Å². The molecule has 0 spiro atoms. The summed E-state index contributed by atoms with van der Waals surface area (Å²) in [5.41, 5.74) is 7.03. The number of halogens is 1. The Labute approximate surface area is 212 Å². The SMILES string of the molecule is Cc1cc(-c2nc(C)c([C@H](OC(C)(C)C)C(=O)O)c(-c3ccc4c(c3)CCCO4)c2C)ccc1Cl. The van der Waals surface area contributed by atoms with Crippen LogP contribution in [0.4, 0.5) is 0 Å². The summed E-state index contributed by atoms with van der Waals surface area (Å²) in [5, 5.41) is 10.9. The zero-order valence-electron chi connectivity index (χ0n) is 21.2. The molecule has 1 aromatic heterocycles. The number of benzene rings is 2. The second-order valence-electron chi connectivity index (χ2n) is 10.1. The Balaban J connectivity index is 2.01. The molecule has 0 saturated carbocycles. The molecule has 2 aromatic carbocycles. The molecule has 0 radical (unpaired) electrons. The second-order valence-corrected chi connectivity index (χ2v) is 10.6. The van der Waals surface area contributed by atoms with Gasteiger partial charge in [0.1, 0.15) is 5.75 Å². The summed E-state index contributed by atoms with van der Waals surface area (Å²) in [7, 11) is 0. The molecule has 1 atom stereocenters. The minimum absolute atomic E-state index is 0.580. The van der Waals surface area contributed by atoms with E-state index in [4.69, 9.17) is 26.1 Å². The van der Waals surface area contributed by atoms with Crippen molar-refractivity contribution in [2.45, 2.75) is 66.1 Å². The lowest BCUT2D eigenvalue weighted by Crippen LogP contribution is -2.28. The average molecular weight is 494 g/mol. The third-order valence-electron chi connectivity index (χ3n) is 6.26. The van der Waals surface area contributed by atoms with Crippen molar-refractivity contribution < 1.29 is 19.4 Å². The molecule has 0 unspecified atom stereocenters. The Morgan fingerprint density at radius 3 is 2.49 bits per heavy atom. The van der Waals surface area contributed by atoms with Crippen molar-refractivity contribution in [2.24, 2.45) is 0 Å². The molecule has 0 bridgehead atoms. The fourth-order valence-corrected chi connectivity index (χ4v) is 4.80. The molecule has 0 amide bonds. The summed E-state index contributed by atoms with van der Waals surface area (Å²) in [4.78, 5) is 17.4. The predicted octanol–water partition coefficient (Wildman–Crippen LogP) is 7.26. The van der Waals surface area contributed by atoms with Crippen molar-refractivity contribution in [1.29, 1.82) is 0 Å². The van der Waals surface area contributed by atoms with Gasteiger partial charge in [0.25, 0.3) is 0 Å². The lowest BCUT2D eigenvalue weighted by Gasteiger charge is -2.29. The van der Waals surface area contributed by atoms with Gasteiger partial charge in [-0.05, 0) is 106 Å². The first kappa shape index (κ1) is 25.2. The molecule has 1 aliphatic rings. The van der Waals surface area contributed by atoms with Crippen LogP contribution in [0.2, 0.25) is 5.02 Å². The topological polar surface area (TPSA) is 68.7 Å². The van der Waals surface area contributed by atoms with Gasteiger partial charge < -0.3 is 14.6 Å². The predicted molar refractivity (Wildman–Crippen MR) is 139 cm³/mol. The lowest BCUT2D eigenvalue weighted by molar-refractivity contribution is -0.160. The molecule has 0 saturated heterocycles. The highest BCUT2D eigenvalue weighted by Crippen LogP contribution is 2.42. The fraction of sp³-hybridized carbons (Fsp3) is 0.379. The maximum Gasteiger partial charge on any atom is 0.337 e. The van der Waals surface area contributed by atoms with E-state index in [0.717, 1.165) is 57.7 Å². The van der Waals surface area contributed by atoms with E-state index >= 15 is 0 Å². The molecule has 5 nitrogen and oxygen atoms in total. The first-order chi connectivity index (χ1) is 16.5. The minimum Gasteiger partial charge on any atom is -0.493 e. The van der Waals surface area contributed by atoms with Gasteiger partial charge in [0, 0.05) is 21.8 Å². The number of ether oxygens (including phenoxy) is 2. The largest absolute Gasteiger partial charge is 0.493 e. The van der Waals surface area contributed by atoms with E-state index in [0.29, 0.717) is 22.9 Å². The van der Waals surface area contributed by atoms with E-state index in [9.17, 15) is 9.90 Å². The molecule has 0 aliphatic carbocycles. The third kappa shape index (κ3) is 5.21. The van der Waals surface area contributed by atoms with Gasteiger partial charge in [-0.1, -0.05) is 23.7 Å². The van der Waals surface area contributed by atoms with E-state index in [2.05, 4.69) is 6.07 Å². The summed E-state index contributed by atoms with van der Waals surface area (Å²) in [5.74, 6) is -0.152. The van der Waals surface area contributed by atoms with E-state index in [1.54, 1.807) is 0 Å². The number of hydrogen-bond acceptors (Lipinski definition) is 4. The first-order valence-corrected chi connectivity index (χ1v) is 12.3. The zero-order valence-corrected chi connectivity index (χ0v) is 21.9. The van der Waals surface area contributed by atoms with Crippen molar-refractivity contribution in [3.63, 3.8) is 0 Å². The van der Waals surface area contributed by atoms with Crippen LogP contribution in [-0.4, -0.2) is 28.3 Å². The van der Waals surface area contributed by atoms with Crippen LogP contribution >= 0.6 is 11.6 Å². The highest BCUT2D eigenvalue weighted by Gasteiger charge is 2.33. The quantitative estimate of drug-likeness (QED) is 0.405. The summed E-state index contributed by atoms with van der Waals surface area (Å²) in [6, 6.07) is 11.9. The van der Waals surface area contributed by atoms with Gasteiger partial charge in [-0.15, -0.1) is 0 Å². The number of aliphatic carboxylic acids is 1. The summed E-state index contributed by atoms with van der Waals surface area (Å²) in [6.45, 7) is 12.1. The van der Waals surface area contributed by atoms with E-state index < -0.39 is 17.7 Å². The Morgan fingerprint density at radius 2 is 1.83 bits per heavy atom. The Kier molecular flexibility index (Phi) is 6.94. The van der Waals surface area contributed by atoms with Gasteiger partial charge in [-0.3, -0.25) is 4.98 Å². The van der Waals surface area contributed by atoms with Gasteiger partial charge in [0.2, 0.25) is 0 Å². The van der Waals surface area contributed by atoms with Crippen LogP contribution in [0.1, 0.15) is 61.2 Å². The number of pyridine rings is 1. The maximum atomic E-state index is 12.5. The number of carbonyl (C=O) groups is 1. The fourth-order valence-electron chi connectivity index (χ4n) is 4.68. The lowest BCUT2D eigenvalue weighted by atomic mass is 9.87. The van der Waals surface area contributed by atoms with Crippen LogP contribution in [0.5, 0.6) is 5.75 Å². The monoisotopic (exact) mass is 493 g/mol. The molecule has 1 aliphatic heterocycles. The summed E-state index contributed by atoms with van der Waals surface area (Å²) >= 11 is 6.28. The van der Waals surface area contributed by atoms with Gasteiger partial charge in [-0.25, -0.2) is 4.79 Å². The van der Waals surface area contributed by atoms with E-state index in [-0.39, 0.29) is 0 Å². The normalized spacial score (nSPS) is 14.3. The third-order valence-corrected chi connectivity index (χ3v) is 6.68. The second kappa shape index (κ2) is 9.63. The molecule has 2 heterocycles. The van der Waals surface area contributed by atoms with Gasteiger partial charge in [-0.2, -0.15) is 0 Å². The number of nitrogens with zero attached hydrogens (tertiary/aromatic N) is 1. The van der Waals surface area contributed by atoms with Crippen molar-refractivity contribution in [2.75, 3.05) is 6.61 Å². The van der Waals surface area contributed by atoms with E-state index in [1.165, 1.54) is 0 Å². The molecule has 6 heteroatoms. The highest BCUT2D eigenvalue weighted by atomic mass is 35.5. The Morgan fingerprint density at radius 1 is 1.11 bits per heavy atom. The first-order valence-electron chi connectivity index (χ1n) is 11.9. The number of hydrogen-bond donors (Lipinski definition) is 1. The summed E-state index contributed by atoms with van der Waals surface area (Å²) < 4.78 is 11.9. The number of carboxylic acids is 1. The van der Waals surface area contributed by atoms with Crippen LogP contribution in [0, 0.1) is 20.8 Å². The number of aromatic nitrogens is 1. The average Bonchev–Trinajstić information content (AvgIpc) is 2.79. The van der Waals surface area contributed by atoms with Gasteiger partial charge in [0.15, 0.2) is 6.10 Å².